The molecule has 1 aliphatic carbocycles. The van der Waals surface area contributed by atoms with E-state index in [4.69, 9.17) is 16.3 Å². The van der Waals surface area contributed by atoms with E-state index in [1.807, 2.05) is 33.1 Å². The predicted molar refractivity (Wildman–Crippen MR) is 102 cm³/mol. The van der Waals surface area contributed by atoms with Crippen molar-refractivity contribution in [1.82, 2.24) is 39.0 Å². The molecule has 0 aliphatic heterocycles. The van der Waals surface area contributed by atoms with Gasteiger partial charge < -0.3 is 4.74 Å². The van der Waals surface area contributed by atoms with E-state index in [0.29, 0.717) is 22.8 Å². The fourth-order valence-electron chi connectivity index (χ4n) is 3.90. The highest BCUT2D eigenvalue weighted by molar-refractivity contribution is 6.29. The van der Waals surface area contributed by atoms with Crippen molar-refractivity contribution in [2.45, 2.75) is 18.9 Å². The number of ether oxygens (including phenoxy) is 1. The van der Waals surface area contributed by atoms with Crippen LogP contribution in [0.4, 0.5) is 0 Å². The first kappa shape index (κ1) is 16.0. The molecular weight excluding hydrogens is 380 g/mol. The average Bonchev–Trinajstić information content (AvgIpc) is 3.11. The summed E-state index contributed by atoms with van der Waals surface area (Å²) in [5, 5.41) is 18.6. The van der Waals surface area contributed by atoms with Crippen molar-refractivity contribution < 1.29 is 4.74 Å². The summed E-state index contributed by atoms with van der Waals surface area (Å²) >= 11 is 6.39. The quantitative estimate of drug-likeness (QED) is 0.465. The van der Waals surface area contributed by atoms with Crippen LogP contribution < -0.4 is 0 Å². The molecule has 1 saturated carbocycles. The summed E-state index contributed by atoms with van der Waals surface area (Å²) < 4.78 is 11.2. The molecule has 1 atom stereocenters. The topological polar surface area (TPSA) is 87.4 Å². The molecule has 28 heavy (non-hydrogen) atoms. The zero-order valence-electron chi connectivity index (χ0n) is 14.9. The van der Waals surface area contributed by atoms with Crippen LogP contribution in [0.1, 0.15) is 24.6 Å². The molecule has 1 fully saturated rings. The van der Waals surface area contributed by atoms with Gasteiger partial charge in [-0.1, -0.05) is 17.3 Å². The van der Waals surface area contributed by atoms with Gasteiger partial charge in [-0.15, -0.1) is 15.3 Å². The summed E-state index contributed by atoms with van der Waals surface area (Å²) in [5.41, 5.74) is 3.23. The Hall–Kier alpha value is -3.04. The molecule has 0 amide bonds. The van der Waals surface area contributed by atoms with Crippen molar-refractivity contribution in [3.8, 4) is 5.95 Å². The van der Waals surface area contributed by atoms with Gasteiger partial charge in [-0.25, -0.2) is 9.38 Å². The molecule has 0 bridgehead atoms. The number of aromatic nitrogens is 8. The lowest BCUT2D eigenvalue weighted by atomic mass is 10.2. The Morgan fingerprint density at radius 1 is 1.14 bits per heavy atom. The highest BCUT2D eigenvalue weighted by Crippen LogP contribution is 2.43. The summed E-state index contributed by atoms with van der Waals surface area (Å²) in [7, 11) is 1.71. The third kappa shape index (κ3) is 2.08. The smallest absolute Gasteiger partial charge is 0.259 e. The Kier molecular flexibility index (Phi) is 3.27. The van der Waals surface area contributed by atoms with Crippen LogP contribution in [0.15, 0.2) is 36.7 Å². The number of methoxy groups -OCH3 is 1. The zero-order valence-corrected chi connectivity index (χ0v) is 15.7. The lowest BCUT2D eigenvalue weighted by molar-refractivity contribution is 0.0788. The maximum atomic E-state index is 6.39. The van der Waals surface area contributed by atoms with Crippen molar-refractivity contribution in [2.24, 2.45) is 5.92 Å². The molecule has 4 heterocycles. The number of halogens is 1. The molecule has 1 aliphatic rings. The number of hydrogen-bond donors (Lipinski definition) is 0. The summed E-state index contributed by atoms with van der Waals surface area (Å²) in [5.74, 6) is 1.00. The molecule has 0 saturated heterocycles. The first-order valence-corrected chi connectivity index (χ1v) is 9.38. The van der Waals surface area contributed by atoms with Crippen molar-refractivity contribution in [3.63, 3.8) is 0 Å². The molecule has 140 valence electrons. The van der Waals surface area contributed by atoms with Crippen LogP contribution in [0.5, 0.6) is 0 Å². The van der Waals surface area contributed by atoms with Gasteiger partial charge in [0.2, 0.25) is 5.28 Å². The second-order valence-electron chi connectivity index (χ2n) is 6.96. The molecule has 0 spiro atoms. The van der Waals surface area contributed by atoms with Crippen molar-refractivity contribution in [2.75, 3.05) is 7.11 Å². The van der Waals surface area contributed by atoms with Gasteiger partial charge in [-0.05, 0) is 42.5 Å². The molecule has 0 radical (unpaired) electrons. The van der Waals surface area contributed by atoms with E-state index in [0.717, 1.165) is 35.1 Å². The molecule has 0 N–H and O–H groups in total. The van der Waals surface area contributed by atoms with E-state index in [1.165, 1.54) is 0 Å². The van der Waals surface area contributed by atoms with E-state index in [-0.39, 0.29) is 6.10 Å². The van der Waals surface area contributed by atoms with Crippen LogP contribution in [0, 0.1) is 5.92 Å². The summed E-state index contributed by atoms with van der Waals surface area (Å²) in [6, 6.07) is 7.89. The van der Waals surface area contributed by atoms with Gasteiger partial charge in [0.1, 0.15) is 11.8 Å². The van der Waals surface area contributed by atoms with Crippen molar-refractivity contribution in [3.05, 3.63) is 47.6 Å². The minimum Gasteiger partial charge on any atom is -0.375 e. The number of para-hydroxylation sites is 1. The van der Waals surface area contributed by atoms with Crippen LogP contribution >= 0.6 is 11.6 Å². The lowest BCUT2D eigenvalue weighted by Crippen LogP contribution is -2.14. The second-order valence-corrected chi connectivity index (χ2v) is 7.30. The Morgan fingerprint density at radius 3 is 2.82 bits per heavy atom. The largest absolute Gasteiger partial charge is 0.375 e. The lowest BCUT2D eigenvalue weighted by Gasteiger charge is -2.15. The molecule has 4 aromatic heterocycles. The van der Waals surface area contributed by atoms with E-state index in [2.05, 4.69) is 25.5 Å². The van der Waals surface area contributed by atoms with Crippen LogP contribution in [0.3, 0.4) is 0 Å². The number of benzene rings is 1. The van der Waals surface area contributed by atoms with Gasteiger partial charge in [0, 0.05) is 12.5 Å². The van der Waals surface area contributed by atoms with Crippen LogP contribution in [0.25, 0.3) is 28.1 Å². The van der Waals surface area contributed by atoms with E-state index in [1.54, 1.807) is 24.2 Å². The number of nitrogens with zero attached hydrogens (tertiary/aromatic N) is 8. The number of hydrogen-bond acceptors (Lipinski definition) is 6. The second kappa shape index (κ2) is 5.73. The Labute approximate surface area is 163 Å². The molecule has 5 aromatic rings. The maximum absolute atomic E-state index is 6.39. The Balaban J connectivity index is 1.70. The molecule has 9 nitrogen and oxygen atoms in total. The zero-order chi connectivity index (χ0) is 18.8. The van der Waals surface area contributed by atoms with Gasteiger partial charge in [-0.3, -0.25) is 4.40 Å². The standard InChI is InChI=1S/C18H15ClN8O/c1-28-15(10-6-7-10)13-8-21-24-27(13)18-23-22-16-11-4-2-3-5-12(11)25-14(26(16)18)9-20-17(25)19/h2-5,8-10,15H,6-7H2,1H3. The average molecular weight is 395 g/mol. The van der Waals surface area contributed by atoms with Crippen LogP contribution in [-0.2, 0) is 4.74 Å². The van der Waals surface area contributed by atoms with Crippen molar-refractivity contribution in [1.29, 1.82) is 0 Å². The highest BCUT2D eigenvalue weighted by Gasteiger charge is 2.36. The van der Waals surface area contributed by atoms with Crippen LogP contribution in [-0.4, -0.2) is 46.1 Å². The fraction of sp³-hybridized carbons (Fsp3) is 0.278. The van der Waals surface area contributed by atoms with Gasteiger partial charge in [0.15, 0.2) is 5.65 Å². The van der Waals surface area contributed by atoms with E-state index >= 15 is 0 Å². The summed E-state index contributed by atoms with van der Waals surface area (Å²) in [6.45, 7) is 0. The first-order chi connectivity index (χ1) is 13.8. The van der Waals surface area contributed by atoms with Crippen LogP contribution in [0.2, 0.25) is 5.28 Å². The normalized spacial score (nSPS) is 15.8. The molecular formula is C18H15ClN8O. The third-order valence-corrected chi connectivity index (χ3v) is 5.59. The minimum atomic E-state index is -0.0766. The molecule has 6 rings (SSSR count). The monoisotopic (exact) mass is 394 g/mol. The van der Waals surface area contributed by atoms with Gasteiger partial charge in [0.25, 0.3) is 5.95 Å². The van der Waals surface area contributed by atoms with Crippen molar-refractivity contribution >= 4 is 33.8 Å². The highest BCUT2D eigenvalue weighted by atomic mass is 35.5. The van der Waals surface area contributed by atoms with Gasteiger partial charge in [0.05, 0.1) is 23.6 Å². The molecule has 1 unspecified atom stereocenters. The summed E-state index contributed by atoms with van der Waals surface area (Å²) in [6.07, 6.45) is 5.64. The van der Waals surface area contributed by atoms with Gasteiger partial charge >= 0.3 is 0 Å². The Morgan fingerprint density at radius 2 is 2.00 bits per heavy atom. The number of imidazole rings is 1. The SMILES string of the molecule is COC(c1cnnn1-c1nnc2c3ccccc3n3c(Cl)ncc3n12)C1CC1. The Bertz CT molecular complexity index is 1350. The predicted octanol–water partition coefficient (Wildman–Crippen LogP) is 2.86. The van der Waals surface area contributed by atoms with E-state index in [9.17, 15) is 0 Å². The first-order valence-electron chi connectivity index (χ1n) is 9.00. The van der Waals surface area contributed by atoms with E-state index < -0.39 is 0 Å². The molecule has 1 aromatic carbocycles. The van der Waals surface area contributed by atoms with Gasteiger partial charge in [-0.2, -0.15) is 4.68 Å². The number of rotatable bonds is 4. The summed E-state index contributed by atoms with van der Waals surface area (Å²) in [4.78, 5) is 4.29. The minimum absolute atomic E-state index is 0.0766. The third-order valence-electron chi connectivity index (χ3n) is 5.32. The number of fused-ring (bicyclic) bond motifs is 6. The molecule has 10 heteroatoms. The maximum Gasteiger partial charge on any atom is 0.259 e. The fourth-order valence-corrected chi connectivity index (χ4v) is 4.13.